The fraction of sp³-hybridized carbons (Fsp3) is 0.588. The number of carbonyl (C=O) groups excluding carboxylic acids is 1. The quantitative estimate of drug-likeness (QED) is 0.587. The molecule has 110 valence electrons. The normalized spacial score (nSPS) is 16.1. The number of benzene rings is 1. The Balaban J connectivity index is 1.90. The zero-order valence-corrected chi connectivity index (χ0v) is 12.8. The zero-order chi connectivity index (χ0) is 14.6. The van der Waals surface area contributed by atoms with Crippen LogP contribution in [0.3, 0.4) is 0 Å². The minimum absolute atomic E-state index is 0.0827. The molecule has 1 aromatic carbocycles. The van der Waals surface area contributed by atoms with Gasteiger partial charge in [-0.15, -0.1) is 0 Å². The molecule has 0 atom stereocenters. The van der Waals surface area contributed by atoms with Crippen molar-refractivity contribution in [3.8, 4) is 0 Å². The third kappa shape index (κ3) is 3.33. The average Bonchev–Trinajstić information content (AvgIpc) is 2.69. The summed E-state index contributed by atoms with van der Waals surface area (Å²) in [6.07, 6.45) is 2.47. The molecule has 1 heterocycles. The highest BCUT2D eigenvalue weighted by Crippen LogP contribution is 2.39. The van der Waals surface area contributed by atoms with Crippen LogP contribution in [0.1, 0.15) is 45.6 Å². The first kappa shape index (κ1) is 14.9. The van der Waals surface area contributed by atoms with E-state index in [0.29, 0.717) is 13.0 Å². The molecule has 1 aliphatic rings. The van der Waals surface area contributed by atoms with Gasteiger partial charge in [0.1, 0.15) is 0 Å². The van der Waals surface area contributed by atoms with Gasteiger partial charge in [0.15, 0.2) is 0 Å². The van der Waals surface area contributed by atoms with Crippen LogP contribution in [0, 0.1) is 0 Å². The third-order valence-corrected chi connectivity index (χ3v) is 3.91. The Morgan fingerprint density at radius 3 is 2.85 bits per heavy atom. The average molecular weight is 275 g/mol. The summed E-state index contributed by atoms with van der Waals surface area (Å²) in [5, 5.41) is 0. The van der Waals surface area contributed by atoms with Gasteiger partial charge in [-0.05, 0) is 18.1 Å². The molecular weight excluding hydrogens is 250 g/mol. The van der Waals surface area contributed by atoms with Crippen LogP contribution in [-0.2, 0) is 14.9 Å². The maximum absolute atomic E-state index is 11.7. The Hall–Kier alpha value is -1.51. The first-order valence-corrected chi connectivity index (χ1v) is 7.54. The molecule has 0 radical (unpaired) electrons. The van der Waals surface area contributed by atoms with Crippen LogP contribution < -0.4 is 4.90 Å². The summed E-state index contributed by atoms with van der Waals surface area (Å²) in [5.41, 5.74) is 2.79. The molecule has 0 N–H and O–H groups in total. The topological polar surface area (TPSA) is 29.5 Å². The van der Waals surface area contributed by atoms with Crippen LogP contribution in [0.15, 0.2) is 24.3 Å². The predicted octanol–water partition coefficient (Wildman–Crippen LogP) is 3.52. The van der Waals surface area contributed by atoms with Crippen LogP contribution in [-0.4, -0.2) is 25.7 Å². The number of anilines is 1. The van der Waals surface area contributed by atoms with E-state index in [-0.39, 0.29) is 11.4 Å². The van der Waals surface area contributed by atoms with Crippen LogP contribution in [0.2, 0.25) is 0 Å². The summed E-state index contributed by atoms with van der Waals surface area (Å²) >= 11 is 0. The molecule has 2 rings (SSSR count). The van der Waals surface area contributed by atoms with Crippen molar-refractivity contribution in [3.63, 3.8) is 0 Å². The largest absolute Gasteiger partial charge is 0.466 e. The van der Waals surface area contributed by atoms with Crippen molar-refractivity contribution in [2.24, 2.45) is 0 Å². The number of ether oxygens (including phenoxy) is 1. The highest BCUT2D eigenvalue weighted by molar-refractivity contribution is 5.71. The fourth-order valence-corrected chi connectivity index (χ4v) is 2.80. The molecule has 0 saturated carbocycles. The van der Waals surface area contributed by atoms with Crippen LogP contribution in [0.5, 0.6) is 0 Å². The van der Waals surface area contributed by atoms with Crippen molar-refractivity contribution in [1.29, 1.82) is 0 Å². The highest BCUT2D eigenvalue weighted by Gasteiger charge is 2.34. The summed E-state index contributed by atoms with van der Waals surface area (Å²) in [6, 6.07) is 8.48. The second-order valence-electron chi connectivity index (χ2n) is 6.15. The van der Waals surface area contributed by atoms with E-state index < -0.39 is 0 Å². The van der Waals surface area contributed by atoms with Crippen molar-refractivity contribution >= 4 is 11.7 Å². The summed E-state index contributed by atoms with van der Waals surface area (Å²) in [5.74, 6) is -0.0827. The van der Waals surface area contributed by atoms with Crippen LogP contribution >= 0.6 is 0 Å². The van der Waals surface area contributed by atoms with Gasteiger partial charge in [0, 0.05) is 24.2 Å². The van der Waals surface area contributed by atoms with Gasteiger partial charge in [0.05, 0.1) is 13.0 Å². The molecule has 0 amide bonds. The van der Waals surface area contributed by atoms with Crippen LogP contribution in [0.25, 0.3) is 0 Å². The van der Waals surface area contributed by atoms with Gasteiger partial charge < -0.3 is 9.64 Å². The Morgan fingerprint density at radius 2 is 2.10 bits per heavy atom. The maximum atomic E-state index is 11.7. The molecular formula is C17H25NO2. The van der Waals surface area contributed by atoms with Gasteiger partial charge in [-0.25, -0.2) is 0 Å². The van der Waals surface area contributed by atoms with E-state index in [1.165, 1.54) is 11.3 Å². The summed E-state index contributed by atoms with van der Waals surface area (Å²) < 4.78 is 5.22. The number of hydrogen-bond donors (Lipinski definition) is 0. The molecule has 0 saturated heterocycles. The number of carbonyl (C=O) groups is 1. The number of unbranched alkanes of at least 4 members (excludes halogenated alkanes) is 1. The second kappa shape index (κ2) is 6.29. The predicted molar refractivity (Wildman–Crippen MR) is 82.2 cm³/mol. The molecule has 1 aromatic rings. The first-order valence-electron chi connectivity index (χ1n) is 7.54. The molecule has 0 aliphatic carbocycles. The summed E-state index contributed by atoms with van der Waals surface area (Å²) in [4.78, 5) is 14.0. The van der Waals surface area contributed by atoms with Gasteiger partial charge in [-0.1, -0.05) is 45.4 Å². The molecule has 0 bridgehead atoms. The number of esters is 1. The van der Waals surface area contributed by atoms with E-state index in [2.05, 4.69) is 49.9 Å². The molecule has 0 unspecified atom stereocenters. The lowest BCUT2D eigenvalue weighted by Crippen LogP contribution is -2.30. The first-order chi connectivity index (χ1) is 9.54. The molecule has 1 aliphatic heterocycles. The third-order valence-electron chi connectivity index (χ3n) is 3.91. The smallest absolute Gasteiger partial charge is 0.307 e. The molecule has 0 aromatic heterocycles. The molecule has 3 nitrogen and oxygen atoms in total. The number of rotatable bonds is 6. The number of hydrogen-bond acceptors (Lipinski definition) is 3. The Morgan fingerprint density at radius 1 is 1.35 bits per heavy atom. The number of nitrogens with zero attached hydrogens (tertiary/aromatic N) is 1. The van der Waals surface area contributed by atoms with Gasteiger partial charge in [0.2, 0.25) is 0 Å². The zero-order valence-electron chi connectivity index (χ0n) is 12.8. The van der Waals surface area contributed by atoms with Crippen molar-refractivity contribution in [2.75, 3.05) is 24.6 Å². The summed E-state index contributed by atoms with van der Waals surface area (Å²) in [7, 11) is 0. The van der Waals surface area contributed by atoms with Gasteiger partial charge in [-0.2, -0.15) is 0 Å². The van der Waals surface area contributed by atoms with Gasteiger partial charge in [0.25, 0.3) is 0 Å². The van der Waals surface area contributed by atoms with E-state index in [4.69, 9.17) is 4.74 Å². The Labute approximate surface area is 121 Å². The molecule has 0 spiro atoms. The monoisotopic (exact) mass is 275 g/mol. The minimum Gasteiger partial charge on any atom is -0.466 e. The number of para-hydroxylation sites is 1. The molecule has 20 heavy (non-hydrogen) atoms. The standard InChI is InChI=1S/C17H25NO2/c1-4-5-12-20-16(19)10-11-18-13-17(2,3)14-8-6-7-9-15(14)18/h6-9H,4-5,10-13H2,1-3H3. The SMILES string of the molecule is CCCCOC(=O)CCN1CC(C)(C)c2ccccc21. The highest BCUT2D eigenvalue weighted by atomic mass is 16.5. The molecule has 3 heteroatoms. The number of fused-ring (bicyclic) bond motifs is 1. The minimum atomic E-state index is -0.0827. The lowest BCUT2D eigenvalue weighted by Gasteiger charge is -2.22. The van der Waals surface area contributed by atoms with Crippen LogP contribution in [0.4, 0.5) is 5.69 Å². The molecule has 0 fully saturated rings. The lowest BCUT2D eigenvalue weighted by molar-refractivity contribution is -0.143. The van der Waals surface area contributed by atoms with Gasteiger partial charge >= 0.3 is 5.97 Å². The van der Waals surface area contributed by atoms with E-state index in [9.17, 15) is 4.79 Å². The van der Waals surface area contributed by atoms with E-state index >= 15 is 0 Å². The lowest BCUT2D eigenvalue weighted by atomic mass is 9.87. The second-order valence-corrected chi connectivity index (χ2v) is 6.15. The van der Waals surface area contributed by atoms with E-state index in [1.54, 1.807) is 0 Å². The Bertz CT molecular complexity index is 468. The van der Waals surface area contributed by atoms with Crippen molar-refractivity contribution in [3.05, 3.63) is 29.8 Å². The van der Waals surface area contributed by atoms with Crippen molar-refractivity contribution in [1.82, 2.24) is 0 Å². The van der Waals surface area contributed by atoms with Gasteiger partial charge in [-0.3, -0.25) is 4.79 Å². The fourth-order valence-electron chi connectivity index (χ4n) is 2.80. The maximum Gasteiger partial charge on any atom is 0.307 e. The van der Waals surface area contributed by atoms with Crippen molar-refractivity contribution < 1.29 is 9.53 Å². The Kier molecular flexibility index (Phi) is 4.69. The summed E-state index contributed by atoms with van der Waals surface area (Å²) in [6.45, 7) is 8.87. The van der Waals surface area contributed by atoms with E-state index in [0.717, 1.165) is 25.9 Å². The van der Waals surface area contributed by atoms with Crippen molar-refractivity contribution in [2.45, 2.75) is 45.4 Å². The van der Waals surface area contributed by atoms with E-state index in [1.807, 2.05) is 0 Å².